The van der Waals surface area contributed by atoms with Crippen LogP contribution in [-0.2, 0) is 20.8 Å². The number of fused-ring (bicyclic) bond motifs is 3. The van der Waals surface area contributed by atoms with Crippen LogP contribution < -0.4 is 5.46 Å². The largest absolute Gasteiger partial charge is 0.496 e. The third-order valence-corrected chi connectivity index (χ3v) is 6.47. The van der Waals surface area contributed by atoms with Gasteiger partial charge in [0.05, 0.1) is 29.5 Å². The number of rotatable bonds is 6. The van der Waals surface area contributed by atoms with E-state index in [1.807, 2.05) is 38.3 Å². The topological polar surface area (TPSA) is 82.2 Å². The maximum Gasteiger partial charge on any atom is 0.496 e. The molecule has 0 saturated carbocycles. The molecule has 7 nitrogen and oxygen atoms in total. The van der Waals surface area contributed by atoms with Crippen molar-refractivity contribution in [1.29, 1.82) is 5.26 Å². The highest BCUT2D eigenvalue weighted by molar-refractivity contribution is 7.98. The second kappa shape index (κ2) is 7.86. The summed E-state index contributed by atoms with van der Waals surface area (Å²) >= 11 is 1.74. The highest BCUT2D eigenvalue weighted by Gasteiger charge is 2.51. The first-order valence-corrected chi connectivity index (χ1v) is 11.3. The lowest BCUT2D eigenvalue weighted by Crippen LogP contribution is -2.41. The monoisotopic (exact) mass is 424 g/mol. The molecule has 0 aromatic carbocycles. The van der Waals surface area contributed by atoms with E-state index in [2.05, 4.69) is 17.3 Å². The molecular formula is C21H25BN4O3S. The Hall–Kier alpha value is -2.12. The molecule has 0 spiro atoms. The maximum absolute atomic E-state index is 9.32. The van der Waals surface area contributed by atoms with Gasteiger partial charge in [-0.2, -0.15) is 17.0 Å². The Morgan fingerprint density at radius 2 is 1.87 bits per heavy atom. The summed E-state index contributed by atoms with van der Waals surface area (Å²) in [6.45, 7) is 9.14. The molecule has 0 N–H and O–H groups in total. The van der Waals surface area contributed by atoms with Crippen molar-refractivity contribution in [1.82, 2.24) is 14.5 Å². The van der Waals surface area contributed by atoms with Crippen LogP contribution in [0.25, 0.3) is 21.9 Å². The SMILES string of the molecule is CSCCOCn1c2cnc(C#N)cc2c2cc(B3OC(C)(C)C(C)(C)O3)cnc21. The van der Waals surface area contributed by atoms with Crippen molar-refractivity contribution in [3.63, 3.8) is 0 Å². The maximum atomic E-state index is 9.32. The fourth-order valence-electron chi connectivity index (χ4n) is 3.48. The van der Waals surface area contributed by atoms with Crippen molar-refractivity contribution in [2.45, 2.75) is 45.6 Å². The second-order valence-electron chi connectivity index (χ2n) is 8.38. The van der Waals surface area contributed by atoms with Crippen LogP contribution in [0.15, 0.2) is 24.5 Å². The molecule has 1 saturated heterocycles. The van der Waals surface area contributed by atoms with Crippen LogP contribution in [0.4, 0.5) is 0 Å². The lowest BCUT2D eigenvalue weighted by molar-refractivity contribution is 0.00578. The minimum atomic E-state index is -0.500. The van der Waals surface area contributed by atoms with E-state index < -0.39 is 18.3 Å². The van der Waals surface area contributed by atoms with E-state index in [1.54, 1.807) is 30.2 Å². The zero-order valence-corrected chi connectivity index (χ0v) is 18.7. The van der Waals surface area contributed by atoms with Crippen LogP contribution in [-0.4, -0.2) is 51.5 Å². The standard InChI is InChI=1S/C21H25BN4O3S/c1-20(2)21(3,4)29-22(28-20)14-8-17-16-9-15(10-23)24-12-18(16)26(19(17)25-11-14)13-27-6-7-30-5/h8-9,11-12H,6-7,13H2,1-5H3. The van der Waals surface area contributed by atoms with Crippen molar-refractivity contribution in [2.75, 3.05) is 18.6 Å². The first-order valence-electron chi connectivity index (χ1n) is 9.88. The van der Waals surface area contributed by atoms with Crippen molar-refractivity contribution in [3.05, 3.63) is 30.2 Å². The minimum absolute atomic E-state index is 0.367. The summed E-state index contributed by atoms with van der Waals surface area (Å²) in [5.74, 6) is 0.924. The minimum Gasteiger partial charge on any atom is -0.399 e. The van der Waals surface area contributed by atoms with Crippen molar-refractivity contribution in [3.8, 4) is 6.07 Å². The first kappa shape index (κ1) is 21.1. The van der Waals surface area contributed by atoms with Crippen LogP contribution in [0.1, 0.15) is 33.4 Å². The van der Waals surface area contributed by atoms with E-state index in [4.69, 9.17) is 19.0 Å². The van der Waals surface area contributed by atoms with Crippen LogP contribution in [0, 0.1) is 11.3 Å². The molecule has 156 valence electrons. The Kier molecular flexibility index (Phi) is 5.53. The number of ether oxygens (including phenoxy) is 1. The van der Waals surface area contributed by atoms with Crippen LogP contribution in [0.5, 0.6) is 0 Å². The van der Waals surface area contributed by atoms with E-state index in [0.717, 1.165) is 33.2 Å². The summed E-state index contributed by atoms with van der Waals surface area (Å²) in [5, 5.41) is 11.2. The fourth-order valence-corrected chi connectivity index (χ4v) is 3.76. The Balaban J connectivity index is 1.79. The summed E-state index contributed by atoms with van der Waals surface area (Å²) in [6.07, 6.45) is 5.55. The van der Waals surface area contributed by atoms with Gasteiger partial charge in [-0.25, -0.2) is 9.97 Å². The number of pyridine rings is 2. The van der Waals surface area contributed by atoms with Gasteiger partial charge in [0.15, 0.2) is 0 Å². The molecule has 9 heteroatoms. The molecule has 30 heavy (non-hydrogen) atoms. The molecule has 0 amide bonds. The number of nitriles is 1. The van der Waals surface area contributed by atoms with E-state index in [0.29, 0.717) is 19.0 Å². The Labute approximate surface area is 180 Å². The second-order valence-corrected chi connectivity index (χ2v) is 9.37. The van der Waals surface area contributed by atoms with Gasteiger partial charge in [-0.05, 0) is 46.1 Å². The predicted octanol–water partition coefficient (Wildman–Crippen LogP) is 3.09. The van der Waals surface area contributed by atoms with E-state index in [1.165, 1.54) is 0 Å². The van der Waals surface area contributed by atoms with Gasteiger partial charge in [-0.1, -0.05) is 0 Å². The normalized spacial score (nSPS) is 17.7. The lowest BCUT2D eigenvalue weighted by atomic mass is 9.80. The summed E-state index contributed by atoms with van der Waals surface area (Å²) in [6, 6.07) is 5.95. The van der Waals surface area contributed by atoms with Gasteiger partial charge < -0.3 is 14.0 Å². The zero-order valence-electron chi connectivity index (χ0n) is 17.9. The Morgan fingerprint density at radius 3 is 2.53 bits per heavy atom. The summed E-state index contributed by atoms with van der Waals surface area (Å²) in [5.41, 5.74) is 2.02. The molecule has 3 aromatic heterocycles. The molecule has 0 radical (unpaired) electrons. The van der Waals surface area contributed by atoms with Gasteiger partial charge in [0.25, 0.3) is 0 Å². The number of thioether (sulfide) groups is 1. The van der Waals surface area contributed by atoms with E-state index >= 15 is 0 Å². The average Bonchev–Trinajstić information content (AvgIpc) is 3.14. The van der Waals surface area contributed by atoms with Crippen molar-refractivity contribution < 1.29 is 14.0 Å². The van der Waals surface area contributed by atoms with Gasteiger partial charge in [-0.3, -0.25) is 4.57 Å². The highest BCUT2D eigenvalue weighted by atomic mass is 32.2. The lowest BCUT2D eigenvalue weighted by Gasteiger charge is -2.32. The van der Waals surface area contributed by atoms with Gasteiger partial charge in [0, 0.05) is 28.2 Å². The molecule has 4 heterocycles. The fraction of sp³-hybridized carbons (Fsp3) is 0.476. The van der Waals surface area contributed by atoms with Gasteiger partial charge >= 0.3 is 7.12 Å². The molecule has 0 unspecified atom stereocenters. The van der Waals surface area contributed by atoms with Gasteiger partial charge in [-0.15, -0.1) is 0 Å². The number of nitrogens with zero attached hydrogens (tertiary/aromatic N) is 4. The third-order valence-electron chi connectivity index (χ3n) is 5.90. The zero-order chi connectivity index (χ0) is 21.5. The molecule has 0 atom stereocenters. The predicted molar refractivity (Wildman–Crippen MR) is 120 cm³/mol. The number of hydrogen-bond donors (Lipinski definition) is 0. The van der Waals surface area contributed by atoms with Crippen LogP contribution >= 0.6 is 11.8 Å². The number of hydrogen-bond acceptors (Lipinski definition) is 7. The molecule has 1 aliphatic heterocycles. The Morgan fingerprint density at radius 1 is 1.13 bits per heavy atom. The molecule has 1 aliphatic rings. The molecule has 3 aromatic rings. The number of aromatic nitrogens is 3. The highest BCUT2D eigenvalue weighted by Crippen LogP contribution is 2.37. The van der Waals surface area contributed by atoms with E-state index in [9.17, 15) is 5.26 Å². The van der Waals surface area contributed by atoms with Gasteiger partial charge in [0.2, 0.25) is 0 Å². The van der Waals surface area contributed by atoms with E-state index in [-0.39, 0.29) is 0 Å². The summed E-state index contributed by atoms with van der Waals surface area (Å²) < 4.78 is 20.2. The smallest absolute Gasteiger partial charge is 0.399 e. The quantitative estimate of drug-likeness (QED) is 0.444. The summed E-state index contributed by atoms with van der Waals surface area (Å²) in [7, 11) is -0.500. The average molecular weight is 424 g/mol. The van der Waals surface area contributed by atoms with Crippen LogP contribution in [0.3, 0.4) is 0 Å². The van der Waals surface area contributed by atoms with Crippen LogP contribution in [0.2, 0.25) is 0 Å². The molecule has 4 rings (SSSR count). The van der Waals surface area contributed by atoms with Crippen molar-refractivity contribution in [2.24, 2.45) is 0 Å². The molecule has 1 fully saturated rings. The third kappa shape index (κ3) is 3.58. The summed E-state index contributed by atoms with van der Waals surface area (Å²) in [4.78, 5) is 8.96. The Bertz CT molecular complexity index is 1120. The molecular weight excluding hydrogens is 399 g/mol. The van der Waals surface area contributed by atoms with Gasteiger partial charge in [0.1, 0.15) is 24.1 Å². The first-order chi connectivity index (χ1) is 14.3. The van der Waals surface area contributed by atoms with Crippen molar-refractivity contribution >= 4 is 46.3 Å². The molecule has 0 bridgehead atoms. The molecule has 0 aliphatic carbocycles.